The van der Waals surface area contributed by atoms with Gasteiger partial charge in [-0.2, -0.15) is 0 Å². The van der Waals surface area contributed by atoms with Crippen LogP contribution in [0.15, 0.2) is 114 Å². The van der Waals surface area contributed by atoms with E-state index >= 15 is 0 Å². The molecule has 0 aliphatic rings. The van der Waals surface area contributed by atoms with Gasteiger partial charge in [-0.3, -0.25) is 9.36 Å². The normalized spacial score (nSPS) is 10.7. The monoisotopic (exact) mass is 548 g/mol. The summed E-state index contributed by atoms with van der Waals surface area (Å²) in [6.07, 6.45) is 0. The van der Waals surface area contributed by atoms with Gasteiger partial charge in [-0.1, -0.05) is 84.6 Å². The summed E-state index contributed by atoms with van der Waals surface area (Å²) >= 11 is 1.26. The van der Waals surface area contributed by atoms with Crippen molar-refractivity contribution in [1.29, 1.82) is 0 Å². The van der Waals surface area contributed by atoms with Crippen LogP contribution >= 0.6 is 11.8 Å². The fourth-order valence-corrected chi connectivity index (χ4v) is 4.86. The zero-order chi connectivity index (χ0) is 27.9. The summed E-state index contributed by atoms with van der Waals surface area (Å²) in [6, 6.07) is 33.5. The van der Waals surface area contributed by atoms with E-state index in [1.165, 1.54) is 22.3 Å². The number of aryl methyl sites for hydroxylation is 2. The Kier molecular flexibility index (Phi) is 8.22. The second-order valence-electron chi connectivity index (χ2n) is 9.06. The van der Waals surface area contributed by atoms with E-state index in [-0.39, 0.29) is 11.7 Å². The molecule has 8 nitrogen and oxygen atoms in total. The van der Waals surface area contributed by atoms with E-state index in [4.69, 9.17) is 0 Å². The van der Waals surface area contributed by atoms with E-state index < -0.39 is 6.03 Å². The Labute approximate surface area is 237 Å². The van der Waals surface area contributed by atoms with Crippen molar-refractivity contribution in [3.63, 3.8) is 0 Å². The minimum atomic E-state index is -0.530. The molecular weight excluding hydrogens is 520 g/mol. The van der Waals surface area contributed by atoms with Crippen molar-refractivity contribution >= 4 is 35.1 Å². The van der Waals surface area contributed by atoms with Crippen LogP contribution in [0.5, 0.6) is 0 Å². The molecule has 0 saturated heterocycles. The molecule has 4 aromatic carbocycles. The molecule has 0 aliphatic carbocycles. The summed E-state index contributed by atoms with van der Waals surface area (Å²) in [5, 5.41) is 13.5. The molecule has 40 heavy (non-hydrogen) atoms. The van der Waals surface area contributed by atoms with Crippen LogP contribution in [0, 0.1) is 13.8 Å². The number of hydrogen-bond donors (Lipinski definition) is 2. The average Bonchev–Trinajstić information content (AvgIpc) is 3.41. The van der Waals surface area contributed by atoms with E-state index in [0.29, 0.717) is 22.4 Å². The second-order valence-corrected chi connectivity index (χ2v) is 10.0. The Morgan fingerprint density at radius 2 is 1.45 bits per heavy atom. The number of hydrazine groups is 1. The van der Waals surface area contributed by atoms with Gasteiger partial charge in [0.1, 0.15) is 0 Å². The molecule has 5 rings (SSSR count). The van der Waals surface area contributed by atoms with Crippen molar-refractivity contribution < 1.29 is 9.59 Å². The lowest BCUT2D eigenvalue weighted by atomic mass is 10.1. The second kappa shape index (κ2) is 12.3. The van der Waals surface area contributed by atoms with E-state index in [1.807, 2.05) is 77.4 Å². The molecule has 0 unspecified atom stereocenters. The molecule has 0 spiro atoms. The van der Waals surface area contributed by atoms with Crippen molar-refractivity contribution in [3.8, 4) is 17.1 Å². The molecule has 0 fully saturated rings. The number of hydrogen-bond acceptors (Lipinski definition) is 5. The molecule has 2 N–H and O–H groups in total. The maximum absolute atomic E-state index is 13.5. The molecule has 1 aromatic heterocycles. The lowest BCUT2D eigenvalue weighted by Crippen LogP contribution is -2.49. The summed E-state index contributed by atoms with van der Waals surface area (Å²) in [6.45, 7) is 4.13. The number of para-hydroxylation sites is 2. The maximum atomic E-state index is 13.5. The predicted octanol–water partition coefficient (Wildman–Crippen LogP) is 6.41. The molecule has 0 aliphatic heterocycles. The minimum Gasteiger partial charge on any atom is -0.307 e. The van der Waals surface area contributed by atoms with Crippen molar-refractivity contribution in [3.05, 3.63) is 120 Å². The van der Waals surface area contributed by atoms with E-state index in [0.717, 1.165) is 16.8 Å². The fraction of sp³-hybridized carbons (Fsp3) is 0.0968. The largest absolute Gasteiger partial charge is 0.338 e. The number of aromatic nitrogens is 3. The zero-order valence-electron chi connectivity index (χ0n) is 22.1. The number of rotatable bonds is 7. The van der Waals surface area contributed by atoms with Crippen LogP contribution in [0.2, 0.25) is 0 Å². The van der Waals surface area contributed by atoms with Crippen LogP contribution in [0.1, 0.15) is 11.1 Å². The van der Waals surface area contributed by atoms with Gasteiger partial charge in [0.05, 0.1) is 17.1 Å². The number of thioether (sulfide) groups is 1. The number of nitrogens with one attached hydrogen (secondary N) is 2. The summed E-state index contributed by atoms with van der Waals surface area (Å²) < 4.78 is 1.96. The molecule has 0 radical (unpaired) electrons. The number of amides is 3. The Hall–Kier alpha value is -4.89. The number of carbonyl (C=O) groups is 2. The Bertz CT molecular complexity index is 1610. The number of carbonyl (C=O) groups excluding carboxylic acids is 2. The number of nitrogens with zero attached hydrogens (tertiary/aromatic N) is 4. The first kappa shape index (κ1) is 26.7. The van der Waals surface area contributed by atoms with E-state index in [9.17, 15) is 9.59 Å². The van der Waals surface area contributed by atoms with Gasteiger partial charge < -0.3 is 5.32 Å². The first-order chi connectivity index (χ1) is 19.5. The van der Waals surface area contributed by atoms with E-state index in [1.54, 1.807) is 24.3 Å². The molecule has 9 heteroatoms. The third kappa shape index (κ3) is 6.22. The predicted molar refractivity (Wildman–Crippen MR) is 160 cm³/mol. The highest BCUT2D eigenvalue weighted by atomic mass is 32.2. The Morgan fingerprint density at radius 3 is 2.12 bits per heavy atom. The van der Waals surface area contributed by atoms with Crippen LogP contribution in [-0.4, -0.2) is 32.5 Å². The third-order valence-electron chi connectivity index (χ3n) is 6.25. The summed E-state index contributed by atoms with van der Waals surface area (Å²) in [7, 11) is 0. The molecule has 0 bridgehead atoms. The fourth-order valence-electron chi connectivity index (χ4n) is 4.06. The van der Waals surface area contributed by atoms with Gasteiger partial charge in [0, 0.05) is 11.3 Å². The maximum Gasteiger partial charge on any atom is 0.338 e. The van der Waals surface area contributed by atoms with Crippen molar-refractivity contribution in [2.45, 2.75) is 19.0 Å². The average molecular weight is 549 g/mol. The summed E-state index contributed by atoms with van der Waals surface area (Å²) in [4.78, 5) is 26.3. The molecular formula is C31H28N6O2S. The van der Waals surface area contributed by atoms with Crippen molar-refractivity contribution in [2.24, 2.45) is 0 Å². The van der Waals surface area contributed by atoms with Gasteiger partial charge in [-0.25, -0.2) is 15.2 Å². The first-order valence-electron chi connectivity index (χ1n) is 12.7. The highest BCUT2D eigenvalue weighted by molar-refractivity contribution is 7.99. The highest BCUT2D eigenvalue weighted by Gasteiger charge is 2.22. The van der Waals surface area contributed by atoms with Gasteiger partial charge >= 0.3 is 6.03 Å². The SMILES string of the molecule is Cc1ccc(-n2c(SCC(=O)N(NC(=O)Nc3ccccc3)c3ccccc3)nnc2-c2ccccc2)cc1C. The summed E-state index contributed by atoms with van der Waals surface area (Å²) in [5.74, 6) is 0.368. The van der Waals surface area contributed by atoms with Crippen LogP contribution in [-0.2, 0) is 4.79 Å². The van der Waals surface area contributed by atoms with Crippen LogP contribution in [0.4, 0.5) is 16.2 Å². The van der Waals surface area contributed by atoms with Crippen LogP contribution in [0.25, 0.3) is 17.1 Å². The zero-order valence-corrected chi connectivity index (χ0v) is 22.9. The molecule has 1 heterocycles. The Balaban J connectivity index is 1.41. The highest BCUT2D eigenvalue weighted by Crippen LogP contribution is 2.29. The first-order valence-corrected chi connectivity index (χ1v) is 13.7. The Morgan fingerprint density at radius 1 is 0.800 bits per heavy atom. The molecule has 3 amide bonds. The van der Waals surface area contributed by atoms with Crippen LogP contribution < -0.4 is 15.8 Å². The molecule has 200 valence electrons. The van der Waals surface area contributed by atoms with Crippen LogP contribution in [0.3, 0.4) is 0 Å². The number of anilines is 2. The topological polar surface area (TPSA) is 92.2 Å². The molecule has 0 atom stereocenters. The van der Waals surface area contributed by atoms with Gasteiger partial charge in [0.25, 0.3) is 5.91 Å². The van der Waals surface area contributed by atoms with Crippen molar-refractivity contribution in [1.82, 2.24) is 20.2 Å². The quantitative estimate of drug-likeness (QED) is 0.181. The van der Waals surface area contributed by atoms with Crippen molar-refractivity contribution in [2.75, 3.05) is 16.1 Å². The number of benzene rings is 4. The lowest BCUT2D eigenvalue weighted by Gasteiger charge is -2.23. The summed E-state index contributed by atoms with van der Waals surface area (Å²) in [5.41, 5.74) is 7.98. The molecule has 5 aromatic rings. The van der Waals surface area contributed by atoms with E-state index in [2.05, 4.69) is 46.9 Å². The van der Waals surface area contributed by atoms with Gasteiger partial charge in [-0.05, 0) is 61.4 Å². The minimum absolute atomic E-state index is 0.0122. The third-order valence-corrected chi connectivity index (χ3v) is 7.16. The van der Waals surface area contributed by atoms with Gasteiger partial charge in [0.15, 0.2) is 11.0 Å². The van der Waals surface area contributed by atoms with Gasteiger partial charge in [-0.15, -0.1) is 10.2 Å². The smallest absolute Gasteiger partial charge is 0.307 e. The van der Waals surface area contributed by atoms with Gasteiger partial charge in [0.2, 0.25) is 0 Å². The lowest BCUT2D eigenvalue weighted by molar-refractivity contribution is -0.116. The number of urea groups is 1. The standard InChI is InChI=1S/C31H28N6O2S/c1-22-18-19-27(20-23(22)2)36-29(24-12-6-3-7-13-24)33-34-31(36)40-21-28(38)37(26-16-10-5-11-17-26)35-30(39)32-25-14-8-4-9-15-25/h3-20H,21H2,1-2H3,(H2,32,35,39). The molecule has 0 saturated carbocycles.